The van der Waals surface area contributed by atoms with Crippen molar-refractivity contribution >= 4 is 20.3 Å². The van der Waals surface area contributed by atoms with E-state index in [1.54, 1.807) is 12.1 Å². The third-order valence-corrected chi connectivity index (χ3v) is 3.76. The molecule has 2 rings (SSSR count). The van der Waals surface area contributed by atoms with Crippen LogP contribution in [0.25, 0.3) is 5.69 Å². The van der Waals surface area contributed by atoms with Gasteiger partial charge in [0.1, 0.15) is 0 Å². The molecule has 2 aromatic rings. The Kier molecular flexibility index (Phi) is 2.66. The van der Waals surface area contributed by atoms with Crippen molar-refractivity contribution in [3.8, 4) is 5.69 Å². The molecule has 4 nitrogen and oxygen atoms in total. The van der Waals surface area contributed by atoms with Gasteiger partial charge < -0.3 is 0 Å². The van der Waals surface area contributed by atoms with Gasteiger partial charge in [0.15, 0.2) is 0 Å². The molecule has 0 unspecified atom stereocenters. The van der Waals surface area contributed by atoms with Crippen molar-refractivity contribution in [3.05, 3.63) is 44.1 Å². The van der Waals surface area contributed by atoms with Gasteiger partial charge in [-0.2, -0.15) is 0 Å². The van der Waals surface area contributed by atoms with Crippen molar-refractivity contribution in [2.75, 3.05) is 0 Å². The monoisotopic (exact) mass is 268 g/mol. The van der Waals surface area contributed by atoms with Gasteiger partial charge in [0.2, 0.25) is 0 Å². The fraction of sp³-hybridized carbons (Fsp3) is 0.100. The average molecular weight is 267 g/mol. The minimum absolute atomic E-state index is 0.0982. The molecule has 0 saturated carbocycles. The number of carbonyl (C=O) groups is 1. The van der Waals surface area contributed by atoms with Crippen LogP contribution in [0.1, 0.15) is 16.3 Å². The van der Waals surface area contributed by atoms with Gasteiger partial charge in [-0.3, -0.25) is 0 Å². The summed E-state index contributed by atoms with van der Waals surface area (Å²) in [6.45, 7) is 1.43. The van der Waals surface area contributed by atoms with E-state index < -0.39 is 14.5 Å². The number of hydrogen-bond donors (Lipinski definition) is 0. The molecule has 1 heterocycles. The second-order valence-corrected chi connectivity index (χ2v) is 4.95. The second kappa shape index (κ2) is 3.96. The van der Waals surface area contributed by atoms with E-state index in [1.165, 1.54) is 11.6 Å². The summed E-state index contributed by atoms with van der Waals surface area (Å²) >= 11 is -0.471. The fourth-order valence-electron chi connectivity index (χ4n) is 1.15. The molecule has 15 heavy (non-hydrogen) atoms. The molecule has 0 bridgehead atoms. The molecule has 76 valence electrons. The number of nitrogens with zero attached hydrogens (tertiary/aromatic N) is 2. The van der Waals surface area contributed by atoms with Crippen LogP contribution in [0, 0.1) is 0 Å². The Labute approximate surface area is 91.9 Å². The van der Waals surface area contributed by atoms with Crippen LogP contribution in [-0.2, 0) is 0 Å². The van der Waals surface area contributed by atoms with E-state index in [0.29, 0.717) is 10.3 Å². The molecule has 0 N–H and O–H groups in total. The van der Waals surface area contributed by atoms with Gasteiger partial charge in [-0.1, -0.05) is 0 Å². The van der Waals surface area contributed by atoms with Crippen LogP contribution in [0.5, 0.6) is 0 Å². The van der Waals surface area contributed by atoms with Crippen LogP contribution in [0.4, 0.5) is 0 Å². The molecule has 1 aromatic carbocycles. The molecular weight excluding hydrogens is 259 g/mol. The summed E-state index contributed by atoms with van der Waals surface area (Å²) in [5.74, 6) is -0.123. The first-order valence-corrected chi connectivity index (χ1v) is 6.06. The van der Waals surface area contributed by atoms with Crippen LogP contribution >= 0.6 is 0 Å². The molecule has 0 atom stereocenters. The summed E-state index contributed by atoms with van der Waals surface area (Å²) in [6.07, 6.45) is 0. The summed E-state index contributed by atoms with van der Waals surface area (Å²) < 4.78 is 1.59. The molecule has 1 aromatic heterocycles. The third-order valence-electron chi connectivity index (χ3n) is 1.85. The van der Waals surface area contributed by atoms with Gasteiger partial charge >= 0.3 is 91.6 Å². The predicted molar refractivity (Wildman–Crippen MR) is 56.8 cm³/mol. The summed E-state index contributed by atoms with van der Waals surface area (Å²) in [6, 6.07) is 9.11. The van der Waals surface area contributed by atoms with E-state index in [9.17, 15) is 9.59 Å². The first kappa shape index (κ1) is 10.1. The van der Waals surface area contributed by atoms with Crippen LogP contribution in [-0.4, -0.2) is 30.1 Å². The van der Waals surface area contributed by atoms with E-state index >= 15 is 0 Å². The Morgan fingerprint density at radius 2 is 2.00 bits per heavy atom. The number of benzene rings is 1. The predicted octanol–water partition coefficient (Wildman–Crippen LogP) is 0.492. The normalized spacial score (nSPS) is 10.2. The molecular formula is C10H8N2O2Se. The Balaban J connectivity index is 2.55. The van der Waals surface area contributed by atoms with Gasteiger partial charge in [-0.05, 0) is 0 Å². The van der Waals surface area contributed by atoms with Crippen LogP contribution < -0.4 is 4.43 Å². The Morgan fingerprint density at radius 3 is 2.53 bits per heavy atom. The maximum absolute atomic E-state index is 11.6. The summed E-state index contributed by atoms with van der Waals surface area (Å²) in [5.41, 5.74) is 0.709. The zero-order chi connectivity index (χ0) is 10.8. The molecule has 5 heteroatoms. The van der Waals surface area contributed by atoms with Crippen molar-refractivity contribution < 1.29 is 4.79 Å². The maximum atomic E-state index is 11.6. The van der Waals surface area contributed by atoms with E-state index in [-0.39, 0.29) is 10.2 Å². The van der Waals surface area contributed by atoms with E-state index in [0.717, 1.165) is 0 Å². The number of Topliss-reactive ketones (excluding diaryl/α,β-unsaturated/α-hetero) is 1. The number of rotatable bonds is 2. The third kappa shape index (κ3) is 1.98. The number of para-hydroxylation sites is 1. The van der Waals surface area contributed by atoms with Crippen molar-refractivity contribution in [2.45, 2.75) is 6.92 Å². The molecule has 0 aliphatic carbocycles. The quantitative estimate of drug-likeness (QED) is 0.588. The standard InChI is InChI=1S/C10H8N2O2Se/c1-7(13)9-11-12(10(14)15-9)8-5-3-2-4-6-8/h2-6H,1H3. The molecule has 0 spiro atoms. The molecule has 0 fully saturated rings. The number of carbonyl (C=O) groups excluding carboxylic acids is 1. The SMILES string of the molecule is CC(=O)c1nn(-c2ccccc2)c(=O)[se]1. The van der Waals surface area contributed by atoms with Crippen molar-refractivity contribution in [1.29, 1.82) is 0 Å². The zero-order valence-electron chi connectivity index (χ0n) is 8.01. The molecule has 0 saturated heterocycles. The van der Waals surface area contributed by atoms with Crippen LogP contribution in [0.2, 0.25) is 0 Å². The Bertz CT molecular complexity index is 542. The molecule has 0 aliphatic rings. The summed E-state index contributed by atoms with van der Waals surface area (Å²) in [4.78, 5) is 22.7. The topological polar surface area (TPSA) is 52.0 Å². The van der Waals surface area contributed by atoms with E-state index in [4.69, 9.17) is 0 Å². The van der Waals surface area contributed by atoms with Crippen molar-refractivity contribution in [2.24, 2.45) is 0 Å². The summed E-state index contributed by atoms with van der Waals surface area (Å²) in [5, 5.41) is 4.02. The van der Waals surface area contributed by atoms with Gasteiger partial charge in [0, 0.05) is 0 Å². The van der Waals surface area contributed by atoms with Crippen molar-refractivity contribution in [3.63, 3.8) is 0 Å². The second-order valence-electron chi connectivity index (χ2n) is 2.98. The molecule has 0 aliphatic heterocycles. The Morgan fingerprint density at radius 1 is 1.33 bits per heavy atom. The number of hydrogen-bond acceptors (Lipinski definition) is 3. The average Bonchev–Trinajstić information content (AvgIpc) is 2.62. The van der Waals surface area contributed by atoms with Gasteiger partial charge in [-0.15, -0.1) is 0 Å². The summed E-state index contributed by atoms with van der Waals surface area (Å²) in [7, 11) is 0. The molecule has 0 radical (unpaired) electrons. The van der Waals surface area contributed by atoms with Gasteiger partial charge in [0.25, 0.3) is 0 Å². The first-order valence-electron chi connectivity index (χ1n) is 4.35. The number of ketones is 1. The van der Waals surface area contributed by atoms with Gasteiger partial charge in [-0.25, -0.2) is 0 Å². The van der Waals surface area contributed by atoms with Crippen molar-refractivity contribution in [1.82, 2.24) is 9.78 Å². The number of aromatic nitrogens is 2. The first-order chi connectivity index (χ1) is 7.18. The van der Waals surface area contributed by atoms with E-state index in [1.807, 2.05) is 18.2 Å². The fourth-order valence-corrected chi connectivity index (χ4v) is 2.55. The zero-order valence-corrected chi connectivity index (χ0v) is 9.72. The van der Waals surface area contributed by atoms with Gasteiger partial charge in [0.05, 0.1) is 0 Å². The van der Waals surface area contributed by atoms with Crippen LogP contribution in [0.15, 0.2) is 35.1 Å². The molecule has 0 amide bonds. The van der Waals surface area contributed by atoms with Crippen LogP contribution in [0.3, 0.4) is 0 Å². The Hall–Kier alpha value is -1.45. The van der Waals surface area contributed by atoms with E-state index in [2.05, 4.69) is 5.10 Å². The minimum atomic E-state index is -0.471.